The third-order valence-corrected chi connectivity index (χ3v) is 13.3. The Hall–Kier alpha value is -2.30. The first-order chi connectivity index (χ1) is 21.1. The number of hydrogen-bond acceptors (Lipinski definition) is 8. The number of rotatable bonds is 14. The van der Waals surface area contributed by atoms with Gasteiger partial charge in [-0.2, -0.15) is 0 Å². The molecule has 238 valence electrons. The van der Waals surface area contributed by atoms with Crippen molar-refractivity contribution in [1.82, 2.24) is 4.90 Å². The molecule has 3 fully saturated rings. The van der Waals surface area contributed by atoms with Crippen LogP contribution in [0.3, 0.4) is 0 Å². The molecule has 0 radical (unpaired) electrons. The molecule has 1 aromatic carbocycles. The number of ether oxygens (including phenoxy) is 2. The molecular formula is C34H43NO6S3. The number of thiophene rings is 1. The van der Waals surface area contributed by atoms with Crippen LogP contribution in [0.5, 0.6) is 11.5 Å². The van der Waals surface area contributed by atoms with Crippen LogP contribution >= 0.6 is 23.6 Å². The highest BCUT2D eigenvalue weighted by Crippen LogP contribution is 2.42. The van der Waals surface area contributed by atoms with Gasteiger partial charge in [0.2, 0.25) is 0 Å². The van der Waals surface area contributed by atoms with Gasteiger partial charge < -0.3 is 14.4 Å². The molecule has 2 aromatic rings. The first-order valence-electron chi connectivity index (χ1n) is 16.0. The van der Waals surface area contributed by atoms with E-state index < -0.39 is 9.84 Å². The summed E-state index contributed by atoms with van der Waals surface area (Å²) in [5.41, 5.74) is 2.93. The van der Waals surface area contributed by atoms with Crippen LogP contribution in [0.4, 0.5) is 0 Å². The monoisotopic (exact) mass is 657 g/mol. The molecule has 6 rings (SSSR count). The van der Waals surface area contributed by atoms with Gasteiger partial charge in [0.05, 0.1) is 30.7 Å². The van der Waals surface area contributed by atoms with Gasteiger partial charge in [-0.15, -0.1) is 11.3 Å². The molecule has 2 saturated carbocycles. The Morgan fingerprint density at radius 1 is 1.05 bits per heavy atom. The molecule has 10 heteroatoms. The summed E-state index contributed by atoms with van der Waals surface area (Å²) in [5.74, 6) is 3.27. The predicted molar refractivity (Wildman–Crippen MR) is 177 cm³/mol. The van der Waals surface area contributed by atoms with E-state index in [4.69, 9.17) is 21.7 Å². The first kappa shape index (κ1) is 31.7. The normalized spacial score (nSPS) is 22.3. The Morgan fingerprint density at radius 2 is 1.84 bits per heavy atom. The van der Waals surface area contributed by atoms with E-state index in [2.05, 4.69) is 4.90 Å². The first-order valence-corrected chi connectivity index (χ1v) is 19.1. The Bertz CT molecular complexity index is 1540. The van der Waals surface area contributed by atoms with E-state index in [0.29, 0.717) is 49.6 Å². The number of benzene rings is 1. The van der Waals surface area contributed by atoms with Crippen molar-refractivity contribution < 1.29 is 27.5 Å². The van der Waals surface area contributed by atoms with E-state index in [1.807, 2.05) is 18.2 Å². The van der Waals surface area contributed by atoms with Crippen molar-refractivity contribution in [1.29, 1.82) is 0 Å². The van der Waals surface area contributed by atoms with Gasteiger partial charge in [-0.3, -0.25) is 9.59 Å². The van der Waals surface area contributed by atoms with Gasteiger partial charge in [0, 0.05) is 64.7 Å². The van der Waals surface area contributed by atoms with Gasteiger partial charge in [-0.25, -0.2) is 8.42 Å². The summed E-state index contributed by atoms with van der Waals surface area (Å²) in [6.45, 7) is 0.459. The quantitative estimate of drug-likeness (QED) is 0.176. The average Bonchev–Trinajstić information content (AvgIpc) is 3.94. The van der Waals surface area contributed by atoms with Crippen molar-refractivity contribution in [2.24, 2.45) is 17.8 Å². The van der Waals surface area contributed by atoms with Crippen LogP contribution < -0.4 is 9.47 Å². The van der Waals surface area contributed by atoms with Crippen LogP contribution in [0.1, 0.15) is 89.0 Å². The van der Waals surface area contributed by atoms with Gasteiger partial charge >= 0.3 is 0 Å². The number of Topliss-reactive ketones (excluding diaryl/α,β-unsaturated/α-hetero) is 2. The number of aryl methyl sites for hydroxylation is 1. The number of ketones is 2. The van der Waals surface area contributed by atoms with Crippen LogP contribution in [0.15, 0.2) is 18.2 Å². The molecule has 1 unspecified atom stereocenters. The van der Waals surface area contributed by atoms with Gasteiger partial charge in [-0.1, -0.05) is 25.1 Å². The van der Waals surface area contributed by atoms with E-state index in [1.54, 1.807) is 25.6 Å². The molecule has 2 heterocycles. The van der Waals surface area contributed by atoms with Crippen LogP contribution in [-0.2, 0) is 40.4 Å². The van der Waals surface area contributed by atoms with Gasteiger partial charge in [0.15, 0.2) is 15.6 Å². The Balaban J connectivity index is 1.22. The maximum Gasteiger partial charge on any atom is 0.164 e. The van der Waals surface area contributed by atoms with Crippen molar-refractivity contribution in [3.05, 3.63) is 44.6 Å². The van der Waals surface area contributed by atoms with E-state index in [-0.39, 0.29) is 40.9 Å². The van der Waals surface area contributed by atoms with Crippen molar-refractivity contribution >= 4 is 49.9 Å². The lowest BCUT2D eigenvalue weighted by molar-refractivity contribution is -0.119. The van der Waals surface area contributed by atoms with Crippen molar-refractivity contribution in [3.8, 4) is 11.5 Å². The third kappa shape index (κ3) is 7.39. The number of nitrogens with zero attached hydrogens (tertiary/aromatic N) is 1. The second kappa shape index (κ2) is 13.2. The zero-order chi connectivity index (χ0) is 31.0. The number of thiocarbonyl (C=S) groups is 1. The van der Waals surface area contributed by atoms with Crippen molar-refractivity contribution in [2.75, 3.05) is 25.7 Å². The summed E-state index contributed by atoms with van der Waals surface area (Å²) in [6.07, 6.45) is 10.1. The predicted octanol–water partition coefficient (Wildman–Crippen LogP) is 6.17. The summed E-state index contributed by atoms with van der Waals surface area (Å²) >= 11 is 7.80. The standard InChI is InChI=1S/C34H43NO6S3/c1-40-26-10-9-24(30(17-26)41-2)19-35(25-13-14-44(38,39)20-25)33(42)16-22-6-12-31-27(15-22)34(28(36)11-5-21-3-4-21)32(43-31)18-29(37)23-7-8-23/h9-10,17,21-23,25H,3-8,11-16,18-20H2,1-2H3/t22-,25?/m0/s1. The number of hydrogen-bond donors (Lipinski definition) is 0. The summed E-state index contributed by atoms with van der Waals surface area (Å²) in [7, 11) is 0.123. The highest BCUT2D eigenvalue weighted by molar-refractivity contribution is 7.91. The number of methoxy groups -OCH3 is 2. The Kier molecular flexibility index (Phi) is 9.50. The number of carbonyl (C=O) groups excluding carboxylic acids is 2. The zero-order valence-corrected chi connectivity index (χ0v) is 28.2. The fourth-order valence-electron chi connectivity index (χ4n) is 6.88. The van der Waals surface area contributed by atoms with Crippen LogP contribution in [0.25, 0.3) is 0 Å². The van der Waals surface area contributed by atoms with Gasteiger partial charge in [-0.05, 0) is 74.5 Å². The van der Waals surface area contributed by atoms with Gasteiger partial charge in [0.1, 0.15) is 17.3 Å². The molecule has 0 spiro atoms. The molecule has 44 heavy (non-hydrogen) atoms. The molecule has 2 atom stereocenters. The highest BCUT2D eigenvalue weighted by Gasteiger charge is 2.37. The van der Waals surface area contributed by atoms with Crippen LogP contribution in [0.2, 0.25) is 0 Å². The highest BCUT2D eigenvalue weighted by atomic mass is 32.2. The molecule has 4 aliphatic rings. The Morgan fingerprint density at radius 3 is 2.50 bits per heavy atom. The molecular weight excluding hydrogens is 615 g/mol. The maximum absolute atomic E-state index is 13.7. The number of carbonyl (C=O) groups is 2. The lowest BCUT2D eigenvalue weighted by atomic mass is 9.82. The lowest BCUT2D eigenvalue weighted by Crippen LogP contribution is -2.40. The van der Waals surface area contributed by atoms with Crippen LogP contribution in [0, 0.1) is 17.8 Å². The molecule has 3 aliphatic carbocycles. The molecule has 0 amide bonds. The lowest BCUT2D eigenvalue weighted by Gasteiger charge is -2.34. The van der Waals surface area contributed by atoms with E-state index >= 15 is 0 Å². The fraction of sp³-hybridized carbons (Fsp3) is 0.618. The van der Waals surface area contributed by atoms with Crippen molar-refractivity contribution in [2.45, 2.75) is 89.6 Å². The largest absolute Gasteiger partial charge is 0.497 e. The summed E-state index contributed by atoms with van der Waals surface area (Å²) < 4.78 is 36.1. The van der Waals surface area contributed by atoms with Crippen LogP contribution in [-0.4, -0.2) is 61.6 Å². The fourth-order valence-corrected chi connectivity index (χ4v) is 10.4. The zero-order valence-electron chi connectivity index (χ0n) is 25.8. The van der Waals surface area contributed by atoms with E-state index in [1.165, 1.54) is 17.7 Å². The SMILES string of the molecule is COc1ccc(CN(C(=S)C[C@H]2CCc3sc(CC(=O)C4CC4)c(C(=O)CCC4CC4)c3C2)C2CCS(=O)(=O)C2)c(OC)c1. The summed E-state index contributed by atoms with van der Waals surface area (Å²) in [4.78, 5) is 31.6. The molecule has 0 bridgehead atoms. The smallest absolute Gasteiger partial charge is 0.164 e. The third-order valence-electron chi connectivity index (χ3n) is 9.83. The van der Waals surface area contributed by atoms with Crippen molar-refractivity contribution in [3.63, 3.8) is 0 Å². The van der Waals surface area contributed by atoms with E-state index in [0.717, 1.165) is 65.1 Å². The minimum atomic E-state index is -3.11. The minimum absolute atomic E-state index is 0.100. The summed E-state index contributed by atoms with van der Waals surface area (Å²) in [6, 6.07) is 5.50. The van der Waals surface area contributed by atoms with E-state index in [9.17, 15) is 18.0 Å². The maximum atomic E-state index is 13.7. The molecule has 1 saturated heterocycles. The topological polar surface area (TPSA) is 90.0 Å². The molecule has 7 nitrogen and oxygen atoms in total. The molecule has 1 aromatic heterocycles. The minimum Gasteiger partial charge on any atom is -0.497 e. The second-order valence-electron chi connectivity index (χ2n) is 13.2. The number of fused-ring (bicyclic) bond motifs is 1. The second-order valence-corrected chi connectivity index (χ2v) is 17.1. The molecule has 1 aliphatic heterocycles. The Labute approximate surface area is 270 Å². The van der Waals surface area contributed by atoms with Gasteiger partial charge in [0.25, 0.3) is 0 Å². The number of sulfone groups is 1. The molecule has 0 N–H and O–H groups in total. The average molecular weight is 658 g/mol. The summed E-state index contributed by atoms with van der Waals surface area (Å²) in [5, 5.41) is 0.